The lowest BCUT2D eigenvalue weighted by Crippen LogP contribution is -2.35. The Bertz CT molecular complexity index is 191. The minimum atomic E-state index is 0.642. The van der Waals surface area contributed by atoms with Gasteiger partial charge in [-0.3, -0.25) is 0 Å². The van der Waals surface area contributed by atoms with E-state index in [1.807, 2.05) is 0 Å². The monoisotopic (exact) mass is 216 g/mol. The Morgan fingerprint density at radius 1 is 1.55 bits per heavy atom. The summed E-state index contributed by atoms with van der Waals surface area (Å²) >= 11 is 3.67. The topological polar surface area (TPSA) is 24.4 Å². The Morgan fingerprint density at radius 3 is 3.18 bits per heavy atom. The number of hydrogen-bond acceptors (Lipinski definition) is 2. The lowest BCUT2D eigenvalue weighted by atomic mass is 9.83. The normalized spacial score (nSPS) is 42.7. The first-order valence-electron chi connectivity index (χ1n) is 4.21. The summed E-state index contributed by atoms with van der Waals surface area (Å²) in [7, 11) is 0. The Morgan fingerprint density at radius 2 is 2.36 bits per heavy atom. The van der Waals surface area contributed by atoms with Gasteiger partial charge in [0, 0.05) is 16.5 Å². The van der Waals surface area contributed by atoms with Crippen molar-refractivity contribution in [1.29, 1.82) is 0 Å². The van der Waals surface area contributed by atoms with Crippen molar-refractivity contribution in [3.63, 3.8) is 0 Å². The fraction of sp³-hybridized carbons (Fsp3) is 0.875. The first kappa shape index (κ1) is 7.59. The van der Waals surface area contributed by atoms with E-state index in [0.29, 0.717) is 16.8 Å². The third kappa shape index (κ3) is 1.31. The molecule has 1 aliphatic heterocycles. The van der Waals surface area contributed by atoms with Gasteiger partial charge in [-0.15, -0.1) is 0 Å². The molecular formula is C8H13BrN2. The van der Waals surface area contributed by atoms with Crippen molar-refractivity contribution in [3.05, 3.63) is 0 Å². The average Bonchev–Trinajstić information content (AvgIpc) is 2.33. The van der Waals surface area contributed by atoms with Gasteiger partial charge >= 0.3 is 0 Å². The van der Waals surface area contributed by atoms with Crippen LogP contribution in [0.3, 0.4) is 0 Å². The van der Waals surface area contributed by atoms with Crippen LogP contribution in [0.2, 0.25) is 0 Å². The van der Waals surface area contributed by atoms with Crippen molar-refractivity contribution in [2.75, 3.05) is 0 Å². The van der Waals surface area contributed by atoms with Crippen LogP contribution in [0.25, 0.3) is 0 Å². The summed E-state index contributed by atoms with van der Waals surface area (Å²) in [4.78, 5) is 0.716. The summed E-state index contributed by atoms with van der Waals surface area (Å²) < 4.78 is 0. The molecule has 0 radical (unpaired) electrons. The van der Waals surface area contributed by atoms with Gasteiger partial charge in [-0.2, -0.15) is 5.10 Å². The SMILES string of the molecule is CC1=NNC2CCC(Br)CC12. The molecule has 1 saturated carbocycles. The maximum Gasteiger partial charge on any atom is 0.0521 e. The molecule has 1 fully saturated rings. The smallest absolute Gasteiger partial charge is 0.0521 e. The Balaban J connectivity index is 2.07. The first-order chi connectivity index (χ1) is 5.27. The zero-order valence-corrected chi connectivity index (χ0v) is 8.26. The Kier molecular flexibility index (Phi) is 1.91. The number of nitrogens with one attached hydrogen (secondary N) is 1. The van der Waals surface area contributed by atoms with Crippen LogP contribution in [0.4, 0.5) is 0 Å². The molecular weight excluding hydrogens is 204 g/mol. The van der Waals surface area contributed by atoms with Gasteiger partial charge in [0.05, 0.1) is 6.04 Å². The number of hydrogen-bond donors (Lipinski definition) is 1. The van der Waals surface area contributed by atoms with E-state index in [0.717, 1.165) is 0 Å². The highest BCUT2D eigenvalue weighted by Gasteiger charge is 2.34. The molecule has 1 N–H and O–H groups in total. The van der Waals surface area contributed by atoms with Crippen molar-refractivity contribution in [3.8, 4) is 0 Å². The van der Waals surface area contributed by atoms with E-state index in [2.05, 4.69) is 33.4 Å². The van der Waals surface area contributed by atoms with Crippen LogP contribution < -0.4 is 5.43 Å². The van der Waals surface area contributed by atoms with Gasteiger partial charge in [0.25, 0.3) is 0 Å². The van der Waals surface area contributed by atoms with Gasteiger partial charge < -0.3 is 5.43 Å². The number of halogens is 1. The average molecular weight is 217 g/mol. The van der Waals surface area contributed by atoms with Crippen molar-refractivity contribution in [2.45, 2.75) is 37.1 Å². The molecule has 11 heavy (non-hydrogen) atoms. The molecule has 3 atom stereocenters. The van der Waals surface area contributed by atoms with Gasteiger partial charge in [0.2, 0.25) is 0 Å². The van der Waals surface area contributed by atoms with E-state index in [-0.39, 0.29) is 0 Å². The molecule has 0 aromatic carbocycles. The van der Waals surface area contributed by atoms with E-state index < -0.39 is 0 Å². The number of nitrogens with zero attached hydrogens (tertiary/aromatic N) is 1. The highest BCUT2D eigenvalue weighted by atomic mass is 79.9. The standard InChI is InChI=1S/C8H13BrN2/c1-5-7-4-6(9)2-3-8(7)11-10-5/h6-8,11H,2-4H2,1H3. The molecule has 0 aromatic rings. The lowest BCUT2D eigenvalue weighted by molar-refractivity contribution is 0.363. The molecule has 0 saturated heterocycles. The van der Waals surface area contributed by atoms with Gasteiger partial charge in [-0.1, -0.05) is 15.9 Å². The largest absolute Gasteiger partial charge is 0.306 e. The second-order valence-electron chi connectivity index (χ2n) is 3.51. The quantitative estimate of drug-likeness (QED) is 0.615. The van der Waals surface area contributed by atoms with Crippen molar-refractivity contribution in [2.24, 2.45) is 11.0 Å². The number of alkyl halides is 1. The second-order valence-corrected chi connectivity index (χ2v) is 4.80. The molecule has 0 amide bonds. The van der Waals surface area contributed by atoms with Crippen LogP contribution in [0.15, 0.2) is 5.10 Å². The number of rotatable bonds is 0. The molecule has 3 heteroatoms. The van der Waals surface area contributed by atoms with Gasteiger partial charge in [-0.25, -0.2) is 0 Å². The van der Waals surface area contributed by atoms with Gasteiger partial charge in [0.1, 0.15) is 0 Å². The summed E-state index contributed by atoms with van der Waals surface area (Å²) in [5, 5.41) is 4.26. The molecule has 0 aromatic heterocycles. The van der Waals surface area contributed by atoms with Crippen LogP contribution in [0.1, 0.15) is 26.2 Å². The number of hydrazone groups is 1. The van der Waals surface area contributed by atoms with Crippen molar-refractivity contribution < 1.29 is 0 Å². The summed E-state index contributed by atoms with van der Waals surface area (Å²) in [6.07, 6.45) is 3.81. The van der Waals surface area contributed by atoms with E-state index in [1.165, 1.54) is 25.0 Å². The fourth-order valence-corrected chi connectivity index (χ4v) is 2.67. The maximum absolute atomic E-state index is 4.26. The predicted octanol–water partition coefficient (Wildman–Crippen LogP) is 1.90. The lowest BCUT2D eigenvalue weighted by Gasteiger charge is -2.28. The zero-order valence-electron chi connectivity index (χ0n) is 6.68. The summed E-state index contributed by atoms with van der Waals surface area (Å²) in [5.74, 6) is 0.702. The molecule has 2 aliphatic rings. The van der Waals surface area contributed by atoms with Crippen LogP contribution in [0, 0.1) is 5.92 Å². The molecule has 2 nitrogen and oxygen atoms in total. The highest BCUT2D eigenvalue weighted by Crippen LogP contribution is 2.32. The molecule has 62 valence electrons. The molecule has 0 bridgehead atoms. The van der Waals surface area contributed by atoms with Crippen molar-refractivity contribution >= 4 is 21.6 Å². The summed E-state index contributed by atoms with van der Waals surface area (Å²) in [6, 6.07) is 0.642. The molecule has 1 aliphatic carbocycles. The highest BCUT2D eigenvalue weighted by molar-refractivity contribution is 9.09. The van der Waals surface area contributed by atoms with E-state index in [9.17, 15) is 0 Å². The maximum atomic E-state index is 4.26. The summed E-state index contributed by atoms with van der Waals surface area (Å²) in [5.41, 5.74) is 4.49. The predicted molar refractivity (Wildman–Crippen MR) is 50.1 cm³/mol. The Hall–Kier alpha value is -0.0500. The van der Waals surface area contributed by atoms with E-state index in [4.69, 9.17) is 0 Å². The Labute approximate surface area is 75.6 Å². The minimum Gasteiger partial charge on any atom is -0.306 e. The van der Waals surface area contributed by atoms with Crippen LogP contribution in [-0.4, -0.2) is 16.6 Å². The third-order valence-electron chi connectivity index (χ3n) is 2.73. The van der Waals surface area contributed by atoms with E-state index in [1.54, 1.807) is 0 Å². The third-order valence-corrected chi connectivity index (χ3v) is 3.56. The molecule has 1 heterocycles. The fourth-order valence-electron chi connectivity index (χ4n) is 2.00. The molecule has 2 rings (SSSR count). The zero-order chi connectivity index (χ0) is 7.84. The second kappa shape index (κ2) is 2.77. The number of fused-ring (bicyclic) bond motifs is 1. The first-order valence-corrected chi connectivity index (χ1v) is 5.12. The summed E-state index contributed by atoms with van der Waals surface area (Å²) in [6.45, 7) is 2.13. The van der Waals surface area contributed by atoms with Crippen LogP contribution in [0.5, 0.6) is 0 Å². The van der Waals surface area contributed by atoms with Gasteiger partial charge in [0.15, 0.2) is 0 Å². The molecule has 3 unspecified atom stereocenters. The molecule has 0 spiro atoms. The van der Waals surface area contributed by atoms with Crippen LogP contribution in [-0.2, 0) is 0 Å². The minimum absolute atomic E-state index is 0.642. The van der Waals surface area contributed by atoms with E-state index >= 15 is 0 Å². The van der Waals surface area contributed by atoms with Gasteiger partial charge in [-0.05, 0) is 26.2 Å². The van der Waals surface area contributed by atoms with Crippen molar-refractivity contribution in [1.82, 2.24) is 5.43 Å². The van der Waals surface area contributed by atoms with Crippen LogP contribution >= 0.6 is 15.9 Å².